The van der Waals surface area contributed by atoms with Crippen molar-refractivity contribution in [2.75, 3.05) is 18.1 Å². The van der Waals surface area contributed by atoms with Gasteiger partial charge in [0, 0.05) is 17.4 Å². The quantitative estimate of drug-likeness (QED) is 0.609. The lowest BCUT2D eigenvalue weighted by Gasteiger charge is -2.30. The highest BCUT2D eigenvalue weighted by Crippen LogP contribution is 2.32. The summed E-state index contributed by atoms with van der Waals surface area (Å²) in [6, 6.07) is 1.32. The van der Waals surface area contributed by atoms with Crippen LogP contribution in [0.2, 0.25) is 5.02 Å². The van der Waals surface area contributed by atoms with E-state index in [4.69, 9.17) is 11.6 Å². The first kappa shape index (κ1) is 16.0. The summed E-state index contributed by atoms with van der Waals surface area (Å²) in [5, 5.41) is 14.1. The Morgan fingerprint density at radius 1 is 1.53 bits per heavy atom. The maximum atomic E-state index is 10.6. The first-order chi connectivity index (χ1) is 8.98. The predicted octanol–water partition coefficient (Wildman–Crippen LogP) is 3.98. The van der Waals surface area contributed by atoms with E-state index in [2.05, 4.69) is 30.4 Å². The highest BCUT2D eigenvalue weighted by molar-refractivity contribution is 8.00. The highest BCUT2D eigenvalue weighted by atomic mass is 35.5. The number of thioether (sulfide) groups is 1. The second kappa shape index (κ2) is 6.96. The van der Waals surface area contributed by atoms with Gasteiger partial charge in [-0.25, -0.2) is 4.98 Å². The fourth-order valence-corrected chi connectivity index (χ4v) is 2.78. The molecule has 7 heteroatoms. The van der Waals surface area contributed by atoms with Crippen molar-refractivity contribution in [2.45, 2.75) is 31.4 Å². The van der Waals surface area contributed by atoms with Gasteiger partial charge in [0.15, 0.2) is 0 Å². The van der Waals surface area contributed by atoms with Crippen LogP contribution in [-0.4, -0.2) is 27.5 Å². The molecule has 0 radical (unpaired) electrons. The van der Waals surface area contributed by atoms with Gasteiger partial charge in [-0.3, -0.25) is 10.1 Å². The fourth-order valence-electron chi connectivity index (χ4n) is 1.76. The molecule has 1 rings (SSSR count). The molecule has 1 heterocycles. The summed E-state index contributed by atoms with van der Waals surface area (Å²) in [5.74, 6) is 0.493. The molecule has 0 aromatic carbocycles. The molecule has 0 unspecified atom stereocenters. The summed E-state index contributed by atoms with van der Waals surface area (Å²) in [6.45, 7) is 5.02. The van der Waals surface area contributed by atoms with Gasteiger partial charge in [-0.1, -0.05) is 25.4 Å². The minimum absolute atomic E-state index is 0.0994. The van der Waals surface area contributed by atoms with E-state index in [0.717, 1.165) is 19.4 Å². The number of hydrogen-bond donors (Lipinski definition) is 1. The lowest BCUT2D eigenvalue weighted by atomic mass is 10.0. The predicted molar refractivity (Wildman–Crippen MR) is 81.2 cm³/mol. The summed E-state index contributed by atoms with van der Waals surface area (Å²) in [6.07, 6.45) is 5.36. The molecule has 0 bridgehead atoms. The summed E-state index contributed by atoms with van der Waals surface area (Å²) in [7, 11) is 0. The van der Waals surface area contributed by atoms with Crippen LogP contribution in [0.4, 0.5) is 11.5 Å². The van der Waals surface area contributed by atoms with Crippen LogP contribution in [0.25, 0.3) is 0 Å². The number of rotatable bonds is 7. The Morgan fingerprint density at radius 3 is 2.58 bits per heavy atom. The van der Waals surface area contributed by atoms with Crippen LogP contribution in [0.15, 0.2) is 12.3 Å². The van der Waals surface area contributed by atoms with Crippen molar-refractivity contribution in [1.82, 2.24) is 4.98 Å². The van der Waals surface area contributed by atoms with Crippen LogP contribution < -0.4 is 5.32 Å². The van der Waals surface area contributed by atoms with E-state index >= 15 is 0 Å². The molecule has 0 atom stereocenters. The molecule has 1 aromatic heterocycles. The van der Waals surface area contributed by atoms with E-state index < -0.39 is 4.92 Å². The Labute approximate surface area is 122 Å². The molecule has 5 nitrogen and oxygen atoms in total. The van der Waals surface area contributed by atoms with Crippen LogP contribution >= 0.6 is 23.4 Å². The molecular formula is C12H18ClN3O2S. The molecule has 106 valence electrons. The Kier molecular flexibility index (Phi) is 5.87. The zero-order chi connectivity index (χ0) is 14.5. The van der Waals surface area contributed by atoms with Gasteiger partial charge >= 0.3 is 0 Å². The number of halogens is 1. The van der Waals surface area contributed by atoms with Crippen LogP contribution in [0, 0.1) is 10.1 Å². The van der Waals surface area contributed by atoms with Gasteiger partial charge in [0.05, 0.1) is 9.95 Å². The Hall–Kier alpha value is -1.01. The molecule has 1 aromatic rings. The van der Waals surface area contributed by atoms with E-state index in [1.807, 2.05) is 11.8 Å². The number of nitrogens with zero attached hydrogens (tertiary/aromatic N) is 2. The zero-order valence-corrected chi connectivity index (χ0v) is 12.8. The van der Waals surface area contributed by atoms with Gasteiger partial charge in [0.2, 0.25) is 0 Å². The topological polar surface area (TPSA) is 68.1 Å². The maximum absolute atomic E-state index is 10.6. The second-order valence-corrected chi connectivity index (χ2v) is 5.91. The Balaban J connectivity index is 2.80. The Morgan fingerprint density at radius 2 is 2.16 bits per heavy atom. The van der Waals surface area contributed by atoms with E-state index in [1.54, 1.807) is 0 Å². The van der Waals surface area contributed by atoms with Gasteiger partial charge in [0.1, 0.15) is 12.0 Å². The number of nitrogens with one attached hydrogen (secondary N) is 1. The molecule has 0 aliphatic heterocycles. The van der Waals surface area contributed by atoms with Crippen molar-refractivity contribution in [3.8, 4) is 0 Å². The molecule has 0 aliphatic carbocycles. The molecule has 0 saturated heterocycles. The lowest BCUT2D eigenvalue weighted by Crippen LogP contribution is -2.32. The largest absolute Gasteiger partial charge is 0.367 e. The summed E-state index contributed by atoms with van der Waals surface area (Å²) < 4.78 is 0.132. The second-order valence-electron chi connectivity index (χ2n) is 4.23. The first-order valence-electron chi connectivity index (χ1n) is 6.07. The molecule has 19 heavy (non-hydrogen) atoms. The van der Waals surface area contributed by atoms with Crippen molar-refractivity contribution >= 4 is 34.9 Å². The van der Waals surface area contributed by atoms with Crippen LogP contribution in [0.1, 0.15) is 26.7 Å². The fraction of sp³-hybridized carbons (Fsp3) is 0.583. The number of aromatic nitrogens is 1. The van der Waals surface area contributed by atoms with Gasteiger partial charge in [-0.2, -0.15) is 11.8 Å². The van der Waals surface area contributed by atoms with E-state index in [9.17, 15) is 10.1 Å². The third kappa shape index (κ3) is 3.98. The smallest absolute Gasteiger partial charge is 0.289 e. The van der Waals surface area contributed by atoms with Crippen molar-refractivity contribution in [3.63, 3.8) is 0 Å². The summed E-state index contributed by atoms with van der Waals surface area (Å²) in [4.78, 5) is 14.1. The van der Waals surface area contributed by atoms with Gasteiger partial charge in [-0.05, 0) is 19.1 Å². The molecule has 0 fully saturated rings. The highest BCUT2D eigenvalue weighted by Gasteiger charge is 2.25. The summed E-state index contributed by atoms with van der Waals surface area (Å²) in [5.41, 5.74) is -0.0994. The number of pyridine rings is 1. The van der Waals surface area contributed by atoms with Crippen LogP contribution in [0.3, 0.4) is 0 Å². The van der Waals surface area contributed by atoms with E-state index in [-0.39, 0.29) is 15.5 Å². The SMILES string of the molecule is CCC(CC)(CNc1ncc([N+](=O)[O-])cc1Cl)SC. The monoisotopic (exact) mass is 303 g/mol. The van der Waals surface area contributed by atoms with Crippen LogP contribution in [-0.2, 0) is 0 Å². The number of hydrogen-bond acceptors (Lipinski definition) is 5. The molecule has 0 saturated carbocycles. The summed E-state index contributed by atoms with van der Waals surface area (Å²) >= 11 is 7.80. The molecule has 0 amide bonds. The third-order valence-corrected chi connectivity index (χ3v) is 5.21. The molecule has 0 aliphatic rings. The zero-order valence-electron chi connectivity index (χ0n) is 11.3. The lowest BCUT2D eigenvalue weighted by molar-refractivity contribution is -0.385. The van der Waals surface area contributed by atoms with Crippen molar-refractivity contribution in [2.24, 2.45) is 0 Å². The van der Waals surface area contributed by atoms with Gasteiger partial charge < -0.3 is 5.32 Å². The average Bonchev–Trinajstić information content (AvgIpc) is 2.42. The van der Waals surface area contributed by atoms with Gasteiger partial charge in [0.25, 0.3) is 5.69 Å². The van der Waals surface area contributed by atoms with Crippen molar-refractivity contribution in [1.29, 1.82) is 0 Å². The third-order valence-electron chi connectivity index (χ3n) is 3.34. The average molecular weight is 304 g/mol. The normalized spacial score (nSPS) is 11.4. The van der Waals surface area contributed by atoms with E-state index in [0.29, 0.717) is 5.82 Å². The minimum Gasteiger partial charge on any atom is -0.367 e. The van der Waals surface area contributed by atoms with Crippen molar-refractivity contribution < 1.29 is 4.92 Å². The maximum Gasteiger partial charge on any atom is 0.289 e. The van der Waals surface area contributed by atoms with E-state index in [1.165, 1.54) is 12.3 Å². The Bertz CT molecular complexity index is 444. The minimum atomic E-state index is -0.507. The van der Waals surface area contributed by atoms with Crippen LogP contribution in [0.5, 0.6) is 0 Å². The number of anilines is 1. The van der Waals surface area contributed by atoms with Crippen molar-refractivity contribution in [3.05, 3.63) is 27.4 Å². The molecule has 0 spiro atoms. The standard InChI is InChI=1S/C12H18ClN3O2S/c1-4-12(5-2,19-3)8-15-11-10(13)6-9(7-14-11)16(17)18/h6-7H,4-5,8H2,1-3H3,(H,14,15). The molecular weight excluding hydrogens is 286 g/mol. The molecule has 1 N–H and O–H groups in total. The van der Waals surface area contributed by atoms with Gasteiger partial charge in [-0.15, -0.1) is 0 Å². The first-order valence-corrected chi connectivity index (χ1v) is 7.67. The number of nitro groups is 1.